The summed E-state index contributed by atoms with van der Waals surface area (Å²) in [6.45, 7) is 8.06. The Kier molecular flexibility index (Phi) is 9.49. The third-order valence-electron chi connectivity index (χ3n) is 3.67. The highest BCUT2D eigenvalue weighted by Gasteiger charge is 2.20. The zero-order valence-electron chi connectivity index (χ0n) is 15.5. The van der Waals surface area contributed by atoms with Gasteiger partial charge in [0.2, 0.25) is 6.41 Å². The van der Waals surface area contributed by atoms with Crippen LogP contribution in [0, 0.1) is 0 Å². The SMILES string of the molecule is C=C1C(C(=O)NC)=CC(C)=CN1Cc1ccccc1.NCCCNC=O. The van der Waals surface area contributed by atoms with Gasteiger partial charge < -0.3 is 21.3 Å². The number of hydrogen-bond acceptors (Lipinski definition) is 4. The van der Waals surface area contributed by atoms with Crippen LogP contribution in [0.2, 0.25) is 0 Å². The van der Waals surface area contributed by atoms with Gasteiger partial charge in [0.05, 0.1) is 5.57 Å². The summed E-state index contributed by atoms with van der Waals surface area (Å²) in [6.07, 6.45) is 5.42. The van der Waals surface area contributed by atoms with Gasteiger partial charge in [0, 0.05) is 32.0 Å². The van der Waals surface area contributed by atoms with Crippen molar-refractivity contribution in [3.05, 3.63) is 71.6 Å². The van der Waals surface area contributed by atoms with Crippen LogP contribution in [-0.4, -0.2) is 37.4 Å². The maximum absolute atomic E-state index is 11.8. The van der Waals surface area contributed by atoms with Crippen LogP contribution in [0.3, 0.4) is 0 Å². The lowest BCUT2D eigenvalue weighted by molar-refractivity contribution is -0.117. The van der Waals surface area contributed by atoms with Crippen molar-refractivity contribution in [2.24, 2.45) is 5.73 Å². The van der Waals surface area contributed by atoms with Crippen molar-refractivity contribution in [1.82, 2.24) is 15.5 Å². The van der Waals surface area contributed by atoms with Gasteiger partial charge in [-0.25, -0.2) is 0 Å². The first-order valence-electron chi connectivity index (χ1n) is 8.52. The van der Waals surface area contributed by atoms with Crippen LogP contribution in [0.4, 0.5) is 0 Å². The second-order valence-electron chi connectivity index (χ2n) is 5.78. The standard InChI is InChI=1S/C16H18N2O.C4H10N2O/c1-12-9-15(16(19)17-3)13(2)18(10-12)11-14-7-5-4-6-8-14;5-2-1-3-6-4-7/h4-10H,2,11H2,1,3H3,(H,17,19);4H,1-3,5H2,(H,6,7). The van der Waals surface area contributed by atoms with Crippen molar-refractivity contribution in [1.29, 1.82) is 0 Å². The summed E-state index contributed by atoms with van der Waals surface area (Å²) in [6, 6.07) is 10.1. The quantitative estimate of drug-likeness (QED) is 0.512. The molecule has 0 spiro atoms. The van der Waals surface area contributed by atoms with E-state index in [1.165, 1.54) is 5.56 Å². The van der Waals surface area contributed by atoms with Crippen LogP contribution in [0.5, 0.6) is 0 Å². The van der Waals surface area contributed by atoms with Gasteiger partial charge in [-0.05, 0) is 37.1 Å². The maximum Gasteiger partial charge on any atom is 0.253 e. The van der Waals surface area contributed by atoms with Crippen LogP contribution < -0.4 is 16.4 Å². The van der Waals surface area contributed by atoms with Crippen molar-refractivity contribution >= 4 is 12.3 Å². The Hall–Kier alpha value is -2.86. The number of benzene rings is 1. The number of nitrogens with two attached hydrogens (primary N) is 1. The average molecular weight is 356 g/mol. The van der Waals surface area contributed by atoms with Gasteiger partial charge in [-0.3, -0.25) is 9.59 Å². The fourth-order valence-electron chi connectivity index (χ4n) is 2.34. The van der Waals surface area contributed by atoms with Crippen LogP contribution in [0.1, 0.15) is 18.9 Å². The first-order chi connectivity index (χ1) is 12.5. The predicted molar refractivity (Wildman–Crippen MR) is 105 cm³/mol. The second-order valence-corrected chi connectivity index (χ2v) is 5.78. The van der Waals surface area contributed by atoms with E-state index in [9.17, 15) is 9.59 Å². The first kappa shape index (κ1) is 21.2. The molecule has 4 N–H and O–H groups in total. The molecule has 0 atom stereocenters. The number of allylic oxidation sites excluding steroid dienone is 2. The molecule has 1 aromatic carbocycles. The van der Waals surface area contributed by atoms with Crippen LogP contribution in [0.25, 0.3) is 0 Å². The molecule has 0 saturated heterocycles. The summed E-state index contributed by atoms with van der Waals surface area (Å²) < 4.78 is 0. The van der Waals surface area contributed by atoms with Gasteiger partial charge in [-0.15, -0.1) is 0 Å². The molecule has 6 nitrogen and oxygen atoms in total. The topological polar surface area (TPSA) is 87.5 Å². The highest BCUT2D eigenvalue weighted by Crippen LogP contribution is 2.24. The Morgan fingerprint density at radius 2 is 2.00 bits per heavy atom. The van der Waals surface area contributed by atoms with Gasteiger partial charge >= 0.3 is 0 Å². The number of rotatable bonds is 7. The minimum absolute atomic E-state index is 0.101. The summed E-state index contributed by atoms with van der Waals surface area (Å²) in [5, 5.41) is 5.14. The number of hydrogen-bond donors (Lipinski definition) is 3. The lowest BCUT2D eigenvalue weighted by atomic mass is 10.0. The maximum atomic E-state index is 11.8. The number of carbonyl (C=O) groups is 2. The van der Waals surface area contributed by atoms with E-state index in [0.717, 1.165) is 17.7 Å². The van der Waals surface area contributed by atoms with Crippen molar-refractivity contribution in [3.8, 4) is 0 Å². The molecule has 1 aliphatic heterocycles. The van der Waals surface area contributed by atoms with Gasteiger partial charge in [0.15, 0.2) is 0 Å². The molecule has 0 aromatic heterocycles. The summed E-state index contributed by atoms with van der Waals surface area (Å²) in [7, 11) is 1.63. The molecule has 0 bridgehead atoms. The molecule has 6 heteroatoms. The van der Waals surface area contributed by atoms with E-state index in [0.29, 0.717) is 31.6 Å². The fourth-order valence-corrected chi connectivity index (χ4v) is 2.34. The Morgan fingerprint density at radius 3 is 2.58 bits per heavy atom. The molecule has 0 saturated carbocycles. The van der Waals surface area contributed by atoms with Crippen molar-refractivity contribution in [2.75, 3.05) is 20.1 Å². The van der Waals surface area contributed by atoms with E-state index < -0.39 is 0 Å². The Labute approximate surface area is 155 Å². The van der Waals surface area contributed by atoms with Crippen molar-refractivity contribution < 1.29 is 9.59 Å². The Morgan fingerprint density at radius 1 is 1.31 bits per heavy atom. The summed E-state index contributed by atoms with van der Waals surface area (Å²) in [5.41, 5.74) is 8.70. The molecule has 1 aromatic rings. The number of carbonyl (C=O) groups excluding carboxylic acids is 2. The fraction of sp³-hybridized carbons (Fsp3) is 0.300. The third-order valence-corrected chi connectivity index (χ3v) is 3.67. The van der Waals surface area contributed by atoms with Gasteiger partial charge in [0.1, 0.15) is 0 Å². The summed E-state index contributed by atoms with van der Waals surface area (Å²) in [4.78, 5) is 23.4. The monoisotopic (exact) mass is 356 g/mol. The molecule has 26 heavy (non-hydrogen) atoms. The zero-order valence-corrected chi connectivity index (χ0v) is 15.5. The number of nitrogens with one attached hydrogen (secondary N) is 2. The minimum Gasteiger partial charge on any atom is -0.359 e. The van der Waals surface area contributed by atoms with E-state index in [2.05, 4.69) is 29.3 Å². The lowest BCUT2D eigenvalue weighted by Gasteiger charge is -2.28. The van der Waals surface area contributed by atoms with Gasteiger partial charge in [-0.2, -0.15) is 0 Å². The number of nitrogens with zero attached hydrogens (tertiary/aromatic N) is 1. The second kappa shape index (κ2) is 11.7. The zero-order chi connectivity index (χ0) is 19.4. The van der Waals surface area contributed by atoms with E-state index in [-0.39, 0.29) is 5.91 Å². The molecule has 0 unspecified atom stereocenters. The minimum atomic E-state index is -0.101. The van der Waals surface area contributed by atoms with E-state index in [1.54, 1.807) is 7.05 Å². The first-order valence-corrected chi connectivity index (χ1v) is 8.52. The molecule has 1 aliphatic rings. The average Bonchev–Trinajstić information content (AvgIpc) is 2.65. The molecule has 0 aliphatic carbocycles. The largest absolute Gasteiger partial charge is 0.359 e. The predicted octanol–water partition coefficient (Wildman–Crippen LogP) is 1.67. The van der Waals surface area contributed by atoms with E-state index in [1.807, 2.05) is 42.3 Å². The number of amides is 2. The van der Waals surface area contributed by atoms with Crippen LogP contribution >= 0.6 is 0 Å². The highest BCUT2D eigenvalue weighted by atomic mass is 16.1. The molecule has 0 fully saturated rings. The lowest BCUT2D eigenvalue weighted by Crippen LogP contribution is -2.28. The van der Waals surface area contributed by atoms with Crippen molar-refractivity contribution in [3.63, 3.8) is 0 Å². The highest BCUT2D eigenvalue weighted by molar-refractivity contribution is 5.98. The molecule has 140 valence electrons. The molecular formula is C20H28N4O2. The molecule has 2 rings (SSSR count). The van der Waals surface area contributed by atoms with Crippen LogP contribution in [0.15, 0.2) is 66.0 Å². The normalized spacial score (nSPS) is 13.0. The van der Waals surface area contributed by atoms with Gasteiger partial charge in [0.25, 0.3) is 5.91 Å². The third kappa shape index (κ3) is 6.94. The van der Waals surface area contributed by atoms with Crippen molar-refractivity contribution in [2.45, 2.75) is 19.9 Å². The Bertz CT molecular complexity index is 666. The number of likely N-dealkylation sites (N-methyl/N-ethyl adjacent to an activating group) is 1. The molecular weight excluding hydrogens is 328 g/mol. The summed E-state index contributed by atoms with van der Waals surface area (Å²) >= 11 is 0. The van der Waals surface area contributed by atoms with Crippen LogP contribution in [-0.2, 0) is 16.1 Å². The molecule has 2 amide bonds. The van der Waals surface area contributed by atoms with E-state index >= 15 is 0 Å². The molecule has 1 heterocycles. The smallest absolute Gasteiger partial charge is 0.253 e. The van der Waals surface area contributed by atoms with Gasteiger partial charge in [-0.1, -0.05) is 36.9 Å². The Balaban J connectivity index is 0.000000412. The van der Waals surface area contributed by atoms with E-state index in [4.69, 9.17) is 5.73 Å². The summed E-state index contributed by atoms with van der Waals surface area (Å²) in [5.74, 6) is -0.101. The molecule has 0 radical (unpaired) electrons.